The molecule has 0 fully saturated rings. The van der Waals surface area contributed by atoms with E-state index in [2.05, 4.69) is 5.32 Å². The van der Waals surface area contributed by atoms with Crippen molar-refractivity contribution >= 4 is 5.97 Å². The maximum absolute atomic E-state index is 11.4. The van der Waals surface area contributed by atoms with Crippen LogP contribution in [0, 0.1) is 0 Å². The average molecular weight is 407 g/mol. The van der Waals surface area contributed by atoms with E-state index in [0.29, 0.717) is 30.3 Å². The molecule has 0 amide bonds. The SMILES string of the molecule is CN[C@H](C(=O)O)[C@H](O)c1ccc(OCc2ccccc2)c(OCc2ccccc2)c1. The fraction of sp³-hybridized carbons (Fsp3) is 0.208. The van der Waals surface area contributed by atoms with Gasteiger partial charge in [-0.15, -0.1) is 0 Å². The van der Waals surface area contributed by atoms with Gasteiger partial charge in [-0.05, 0) is 35.9 Å². The first kappa shape index (κ1) is 21.4. The minimum absolute atomic E-state index is 0.316. The summed E-state index contributed by atoms with van der Waals surface area (Å²) >= 11 is 0. The Labute approximate surface area is 175 Å². The molecule has 0 heterocycles. The van der Waals surface area contributed by atoms with Crippen LogP contribution in [-0.2, 0) is 18.0 Å². The zero-order chi connectivity index (χ0) is 21.3. The van der Waals surface area contributed by atoms with Gasteiger partial charge in [0.05, 0.1) is 0 Å². The van der Waals surface area contributed by atoms with Gasteiger partial charge in [-0.25, -0.2) is 0 Å². The lowest BCUT2D eigenvalue weighted by Crippen LogP contribution is -2.39. The first-order chi connectivity index (χ1) is 14.6. The Morgan fingerprint density at radius 2 is 1.40 bits per heavy atom. The number of carbonyl (C=O) groups is 1. The Hall–Kier alpha value is -3.35. The van der Waals surface area contributed by atoms with E-state index in [0.717, 1.165) is 11.1 Å². The maximum atomic E-state index is 11.4. The van der Waals surface area contributed by atoms with Crippen molar-refractivity contribution in [3.05, 3.63) is 95.6 Å². The number of likely N-dealkylation sites (N-methyl/N-ethyl adjacent to an activating group) is 1. The predicted molar refractivity (Wildman–Crippen MR) is 113 cm³/mol. The number of carboxylic acids is 1. The molecule has 0 aliphatic heterocycles. The van der Waals surface area contributed by atoms with Crippen LogP contribution in [-0.4, -0.2) is 29.3 Å². The Balaban J connectivity index is 1.83. The van der Waals surface area contributed by atoms with Gasteiger partial charge in [0, 0.05) is 0 Å². The van der Waals surface area contributed by atoms with E-state index in [1.165, 1.54) is 7.05 Å². The lowest BCUT2D eigenvalue weighted by Gasteiger charge is -2.21. The van der Waals surface area contributed by atoms with Crippen LogP contribution in [0.2, 0.25) is 0 Å². The van der Waals surface area contributed by atoms with Crippen LogP contribution >= 0.6 is 0 Å². The van der Waals surface area contributed by atoms with E-state index in [1.54, 1.807) is 18.2 Å². The van der Waals surface area contributed by atoms with Gasteiger partial charge in [0.2, 0.25) is 0 Å². The molecule has 0 spiro atoms. The molecule has 30 heavy (non-hydrogen) atoms. The van der Waals surface area contributed by atoms with Crippen LogP contribution in [0.5, 0.6) is 11.5 Å². The number of hydrogen-bond donors (Lipinski definition) is 3. The third-order valence-electron chi connectivity index (χ3n) is 4.68. The van der Waals surface area contributed by atoms with Gasteiger partial charge in [-0.3, -0.25) is 4.79 Å². The van der Waals surface area contributed by atoms with Crippen molar-refractivity contribution < 1.29 is 24.5 Å². The van der Waals surface area contributed by atoms with Crippen molar-refractivity contribution in [1.82, 2.24) is 5.32 Å². The summed E-state index contributed by atoms with van der Waals surface area (Å²) in [5.41, 5.74) is 2.42. The summed E-state index contributed by atoms with van der Waals surface area (Å²) in [5.74, 6) is -0.185. The Bertz CT molecular complexity index is 946. The molecule has 0 unspecified atom stereocenters. The molecule has 6 nitrogen and oxygen atoms in total. The van der Waals surface area contributed by atoms with Crippen molar-refractivity contribution in [1.29, 1.82) is 0 Å². The summed E-state index contributed by atoms with van der Waals surface area (Å²) < 4.78 is 11.9. The lowest BCUT2D eigenvalue weighted by molar-refractivity contribution is -0.142. The first-order valence-corrected chi connectivity index (χ1v) is 9.64. The summed E-state index contributed by atoms with van der Waals surface area (Å²) in [6.45, 7) is 0.676. The highest BCUT2D eigenvalue weighted by Gasteiger charge is 2.27. The first-order valence-electron chi connectivity index (χ1n) is 9.64. The Morgan fingerprint density at radius 3 is 1.90 bits per heavy atom. The summed E-state index contributed by atoms with van der Waals surface area (Å²) in [7, 11) is 1.49. The highest BCUT2D eigenvalue weighted by molar-refractivity contribution is 5.74. The van der Waals surface area contributed by atoms with Crippen LogP contribution < -0.4 is 14.8 Å². The number of aliphatic hydroxyl groups is 1. The minimum Gasteiger partial charge on any atom is -0.485 e. The average Bonchev–Trinajstić information content (AvgIpc) is 2.78. The van der Waals surface area contributed by atoms with Crippen molar-refractivity contribution in [2.24, 2.45) is 0 Å². The minimum atomic E-state index is -1.24. The summed E-state index contributed by atoms with van der Waals surface area (Å²) in [6, 6.07) is 23.3. The number of benzene rings is 3. The van der Waals surface area contributed by atoms with E-state index >= 15 is 0 Å². The van der Waals surface area contributed by atoms with Gasteiger partial charge in [0.15, 0.2) is 11.5 Å². The van der Waals surface area contributed by atoms with Crippen molar-refractivity contribution in [2.75, 3.05) is 7.05 Å². The van der Waals surface area contributed by atoms with Crippen molar-refractivity contribution in [2.45, 2.75) is 25.4 Å². The molecule has 0 aliphatic carbocycles. The number of hydrogen-bond acceptors (Lipinski definition) is 5. The number of ether oxygens (including phenoxy) is 2. The molecular weight excluding hydrogens is 382 g/mol. The van der Waals surface area contributed by atoms with Crippen LogP contribution in [0.15, 0.2) is 78.9 Å². The lowest BCUT2D eigenvalue weighted by atomic mass is 10.0. The molecule has 3 aromatic carbocycles. The summed E-state index contributed by atoms with van der Waals surface area (Å²) in [4.78, 5) is 11.4. The molecule has 6 heteroatoms. The number of nitrogens with one attached hydrogen (secondary N) is 1. The van der Waals surface area contributed by atoms with E-state index < -0.39 is 18.1 Å². The molecule has 0 aliphatic rings. The van der Waals surface area contributed by atoms with Gasteiger partial charge in [-0.2, -0.15) is 0 Å². The van der Waals surface area contributed by atoms with Crippen molar-refractivity contribution in [3.63, 3.8) is 0 Å². The molecule has 0 saturated carbocycles. The molecule has 3 aromatic rings. The largest absolute Gasteiger partial charge is 0.485 e. The second-order valence-electron chi connectivity index (χ2n) is 6.80. The van der Waals surface area contributed by atoms with Crippen molar-refractivity contribution in [3.8, 4) is 11.5 Å². The predicted octanol–water partition coefficient (Wildman–Crippen LogP) is 3.55. The number of carboxylic acid groups (broad SMARTS) is 1. The number of aliphatic hydroxyl groups excluding tert-OH is 1. The third kappa shape index (κ3) is 5.59. The maximum Gasteiger partial charge on any atom is 0.323 e. The fourth-order valence-electron chi connectivity index (χ4n) is 3.02. The normalized spacial score (nSPS) is 12.7. The van der Waals surface area contributed by atoms with E-state index in [1.807, 2.05) is 60.7 Å². The van der Waals surface area contributed by atoms with Gasteiger partial charge in [0.25, 0.3) is 0 Å². The monoisotopic (exact) mass is 407 g/mol. The van der Waals surface area contributed by atoms with Gasteiger partial charge in [-0.1, -0.05) is 66.7 Å². The zero-order valence-corrected chi connectivity index (χ0v) is 16.7. The van der Waals surface area contributed by atoms with Gasteiger partial charge < -0.3 is 25.0 Å². The molecule has 0 radical (unpaired) electrons. The second kappa shape index (κ2) is 10.4. The molecule has 0 saturated heterocycles. The zero-order valence-electron chi connectivity index (χ0n) is 16.7. The van der Waals surface area contributed by atoms with E-state index in [-0.39, 0.29) is 0 Å². The molecule has 0 bridgehead atoms. The Morgan fingerprint density at radius 1 is 0.867 bits per heavy atom. The molecule has 2 atom stereocenters. The quantitative estimate of drug-likeness (QED) is 0.476. The van der Waals surface area contributed by atoms with E-state index in [9.17, 15) is 15.0 Å². The number of aliphatic carboxylic acids is 1. The fourth-order valence-corrected chi connectivity index (χ4v) is 3.02. The van der Waals surface area contributed by atoms with E-state index in [4.69, 9.17) is 9.47 Å². The molecule has 3 N–H and O–H groups in total. The van der Waals surface area contributed by atoms with Crippen LogP contribution in [0.1, 0.15) is 22.8 Å². The highest BCUT2D eigenvalue weighted by atomic mass is 16.5. The molecule has 0 aromatic heterocycles. The number of rotatable bonds is 10. The third-order valence-corrected chi connectivity index (χ3v) is 4.68. The van der Waals surface area contributed by atoms with Crippen LogP contribution in [0.3, 0.4) is 0 Å². The summed E-state index contributed by atoms with van der Waals surface area (Å²) in [6.07, 6.45) is -1.24. The summed E-state index contributed by atoms with van der Waals surface area (Å²) in [5, 5.41) is 22.4. The topological polar surface area (TPSA) is 88.0 Å². The highest BCUT2D eigenvalue weighted by Crippen LogP contribution is 2.33. The molecular formula is C24H25NO5. The smallest absolute Gasteiger partial charge is 0.323 e. The standard InChI is InChI=1S/C24H25NO5/c1-25-22(24(27)28)23(26)19-12-13-20(29-15-17-8-4-2-5-9-17)21(14-19)30-16-18-10-6-3-7-11-18/h2-14,22-23,25-26H,15-16H2,1H3,(H,27,28)/t22-,23+/m0/s1. The second-order valence-corrected chi connectivity index (χ2v) is 6.80. The van der Waals surface area contributed by atoms with Crippen LogP contribution in [0.25, 0.3) is 0 Å². The van der Waals surface area contributed by atoms with Gasteiger partial charge >= 0.3 is 5.97 Å². The molecule has 3 rings (SSSR count). The molecule has 156 valence electrons. The van der Waals surface area contributed by atoms with Gasteiger partial charge in [0.1, 0.15) is 25.4 Å². The van der Waals surface area contributed by atoms with Crippen LogP contribution in [0.4, 0.5) is 0 Å². The Kier molecular flexibility index (Phi) is 7.43.